The van der Waals surface area contributed by atoms with Crippen molar-refractivity contribution in [3.8, 4) is 0 Å². The molecule has 0 unspecified atom stereocenters. The number of nitrogens with zero attached hydrogens (tertiary/aromatic N) is 1. The van der Waals surface area contributed by atoms with E-state index in [1.54, 1.807) is 0 Å². The van der Waals surface area contributed by atoms with Gasteiger partial charge in [0.05, 0.1) is 0 Å². The first-order chi connectivity index (χ1) is 8.31. The molecule has 5 N–H and O–H groups in total. The summed E-state index contributed by atoms with van der Waals surface area (Å²) in [6.07, 6.45) is 13.4. The van der Waals surface area contributed by atoms with Gasteiger partial charge < -0.3 is 16.7 Å². The van der Waals surface area contributed by atoms with Crippen molar-refractivity contribution in [2.75, 3.05) is 6.54 Å². The van der Waals surface area contributed by atoms with E-state index in [0.29, 0.717) is 5.84 Å². The fourth-order valence-electron chi connectivity index (χ4n) is 1.91. The SMILES string of the molecule is NCCCCCCCCCCCCC(N)=NO. The molecule has 0 rings (SSSR count). The van der Waals surface area contributed by atoms with Crippen LogP contribution in [0.3, 0.4) is 0 Å². The molecule has 0 aliphatic heterocycles. The number of hydrogen-bond acceptors (Lipinski definition) is 3. The average molecular weight is 243 g/mol. The first kappa shape index (κ1) is 16.2. The first-order valence-electron chi connectivity index (χ1n) is 6.97. The Bertz CT molecular complexity index is 184. The zero-order valence-electron chi connectivity index (χ0n) is 11.0. The molecule has 0 aliphatic carbocycles. The Hall–Kier alpha value is -0.770. The van der Waals surface area contributed by atoms with Gasteiger partial charge >= 0.3 is 0 Å². The second-order valence-corrected chi connectivity index (χ2v) is 4.67. The predicted molar refractivity (Wildman–Crippen MR) is 73.3 cm³/mol. The third-order valence-electron chi connectivity index (χ3n) is 3.02. The van der Waals surface area contributed by atoms with E-state index in [1.165, 1.54) is 57.8 Å². The van der Waals surface area contributed by atoms with Crippen molar-refractivity contribution in [2.45, 2.75) is 70.6 Å². The largest absolute Gasteiger partial charge is 0.409 e. The molecule has 4 heteroatoms. The van der Waals surface area contributed by atoms with Crippen LogP contribution < -0.4 is 11.5 Å². The maximum Gasteiger partial charge on any atom is 0.139 e. The van der Waals surface area contributed by atoms with Crippen LogP contribution in [0.2, 0.25) is 0 Å². The van der Waals surface area contributed by atoms with Crippen LogP contribution in [0.4, 0.5) is 0 Å². The number of oxime groups is 1. The van der Waals surface area contributed by atoms with Crippen LogP contribution >= 0.6 is 0 Å². The third-order valence-corrected chi connectivity index (χ3v) is 3.02. The van der Waals surface area contributed by atoms with Crippen LogP contribution in [0.15, 0.2) is 5.16 Å². The van der Waals surface area contributed by atoms with Gasteiger partial charge in [-0.15, -0.1) is 0 Å². The second kappa shape index (κ2) is 13.3. The minimum Gasteiger partial charge on any atom is -0.409 e. The van der Waals surface area contributed by atoms with E-state index >= 15 is 0 Å². The Balaban J connectivity index is 2.99. The molecule has 0 aromatic rings. The summed E-state index contributed by atoms with van der Waals surface area (Å²) in [7, 11) is 0. The van der Waals surface area contributed by atoms with E-state index in [9.17, 15) is 0 Å². The zero-order valence-corrected chi connectivity index (χ0v) is 11.0. The van der Waals surface area contributed by atoms with Gasteiger partial charge in [-0.3, -0.25) is 0 Å². The third kappa shape index (κ3) is 13.2. The lowest BCUT2D eigenvalue weighted by Gasteiger charge is -2.02. The molecule has 0 amide bonds. The van der Waals surface area contributed by atoms with E-state index < -0.39 is 0 Å². The topological polar surface area (TPSA) is 84.6 Å². The number of hydrogen-bond donors (Lipinski definition) is 3. The highest BCUT2D eigenvalue weighted by molar-refractivity contribution is 5.79. The minimum atomic E-state index is 0.352. The zero-order chi connectivity index (χ0) is 12.8. The van der Waals surface area contributed by atoms with E-state index in [2.05, 4.69) is 5.16 Å². The molecular formula is C13H29N3O. The molecule has 0 bridgehead atoms. The summed E-state index contributed by atoms with van der Waals surface area (Å²) in [6, 6.07) is 0. The van der Waals surface area contributed by atoms with Gasteiger partial charge in [0.2, 0.25) is 0 Å². The highest BCUT2D eigenvalue weighted by atomic mass is 16.4. The quantitative estimate of drug-likeness (QED) is 0.162. The fourth-order valence-corrected chi connectivity index (χ4v) is 1.91. The molecule has 0 aliphatic rings. The number of unbranched alkanes of at least 4 members (excludes halogenated alkanes) is 9. The lowest BCUT2D eigenvalue weighted by molar-refractivity contribution is 0.316. The molecule has 0 fully saturated rings. The Morgan fingerprint density at radius 1 is 0.765 bits per heavy atom. The lowest BCUT2D eigenvalue weighted by Crippen LogP contribution is -2.10. The average Bonchev–Trinajstić information content (AvgIpc) is 2.35. The van der Waals surface area contributed by atoms with Gasteiger partial charge in [-0.25, -0.2) is 0 Å². The van der Waals surface area contributed by atoms with Crippen molar-refractivity contribution >= 4 is 5.84 Å². The smallest absolute Gasteiger partial charge is 0.139 e. The maximum atomic E-state index is 8.35. The van der Waals surface area contributed by atoms with Crippen molar-refractivity contribution in [3.63, 3.8) is 0 Å². The Morgan fingerprint density at radius 2 is 1.18 bits per heavy atom. The van der Waals surface area contributed by atoms with Crippen LogP contribution in [0, 0.1) is 0 Å². The molecule has 0 saturated carbocycles. The molecule has 0 saturated heterocycles. The van der Waals surface area contributed by atoms with Crippen molar-refractivity contribution < 1.29 is 5.21 Å². The van der Waals surface area contributed by atoms with Crippen LogP contribution in [0.1, 0.15) is 70.6 Å². The van der Waals surface area contributed by atoms with Gasteiger partial charge in [-0.1, -0.05) is 56.5 Å². The Morgan fingerprint density at radius 3 is 1.59 bits per heavy atom. The summed E-state index contributed by atoms with van der Waals surface area (Å²) in [4.78, 5) is 0. The number of nitrogens with two attached hydrogens (primary N) is 2. The molecule has 0 aromatic heterocycles. The summed E-state index contributed by atoms with van der Waals surface area (Å²) >= 11 is 0. The van der Waals surface area contributed by atoms with E-state index in [0.717, 1.165) is 19.4 Å². The van der Waals surface area contributed by atoms with Gasteiger partial charge in [0.25, 0.3) is 0 Å². The monoisotopic (exact) mass is 243 g/mol. The van der Waals surface area contributed by atoms with E-state index in [1.807, 2.05) is 0 Å². The minimum absolute atomic E-state index is 0.352. The van der Waals surface area contributed by atoms with Crippen LogP contribution in [-0.2, 0) is 0 Å². The van der Waals surface area contributed by atoms with Crippen molar-refractivity contribution in [3.05, 3.63) is 0 Å². The van der Waals surface area contributed by atoms with Crippen molar-refractivity contribution in [1.29, 1.82) is 0 Å². The van der Waals surface area contributed by atoms with Crippen LogP contribution in [0.5, 0.6) is 0 Å². The lowest BCUT2D eigenvalue weighted by atomic mass is 10.1. The molecule has 0 atom stereocenters. The van der Waals surface area contributed by atoms with Crippen molar-refractivity contribution in [1.82, 2.24) is 0 Å². The van der Waals surface area contributed by atoms with Gasteiger partial charge in [-0.05, 0) is 19.4 Å². The molecule has 102 valence electrons. The summed E-state index contributed by atoms with van der Waals surface area (Å²) in [6.45, 7) is 0.834. The first-order valence-corrected chi connectivity index (χ1v) is 6.97. The fraction of sp³-hybridized carbons (Fsp3) is 0.923. The molecule has 4 nitrogen and oxygen atoms in total. The predicted octanol–water partition coefficient (Wildman–Crippen LogP) is 2.98. The highest BCUT2D eigenvalue weighted by Crippen LogP contribution is 2.11. The second-order valence-electron chi connectivity index (χ2n) is 4.67. The summed E-state index contributed by atoms with van der Waals surface area (Å²) in [5.41, 5.74) is 10.8. The molecule has 0 heterocycles. The van der Waals surface area contributed by atoms with Crippen LogP contribution in [0.25, 0.3) is 0 Å². The number of amidine groups is 1. The summed E-state index contributed by atoms with van der Waals surface area (Å²) in [5.74, 6) is 0.352. The van der Waals surface area contributed by atoms with Crippen molar-refractivity contribution in [2.24, 2.45) is 16.6 Å². The van der Waals surface area contributed by atoms with E-state index in [4.69, 9.17) is 16.7 Å². The molecule has 0 radical (unpaired) electrons. The standard InChI is InChI=1S/C13H29N3O/c14-12-10-8-6-4-2-1-3-5-7-9-11-13(15)16-17/h17H,1-12,14H2,(H2,15,16). The van der Waals surface area contributed by atoms with Crippen LogP contribution in [-0.4, -0.2) is 17.6 Å². The number of rotatable bonds is 12. The van der Waals surface area contributed by atoms with Gasteiger partial charge in [0.15, 0.2) is 0 Å². The van der Waals surface area contributed by atoms with Gasteiger partial charge in [0, 0.05) is 6.42 Å². The molecular weight excluding hydrogens is 214 g/mol. The van der Waals surface area contributed by atoms with E-state index in [-0.39, 0.29) is 0 Å². The highest BCUT2D eigenvalue weighted by Gasteiger charge is 1.95. The summed E-state index contributed by atoms with van der Waals surface area (Å²) < 4.78 is 0. The Kier molecular flexibility index (Phi) is 12.7. The van der Waals surface area contributed by atoms with Gasteiger partial charge in [0.1, 0.15) is 5.84 Å². The normalized spacial score (nSPS) is 11.9. The molecule has 0 aromatic carbocycles. The molecule has 0 spiro atoms. The van der Waals surface area contributed by atoms with Gasteiger partial charge in [-0.2, -0.15) is 0 Å². The molecule has 17 heavy (non-hydrogen) atoms. The maximum absolute atomic E-state index is 8.35. The summed E-state index contributed by atoms with van der Waals surface area (Å²) in [5, 5.41) is 11.3. The Labute approximate surface area is 105 Å².